The summed E-state index contributed by atoms with van der Waals surface area (Å²) in [5.41, 5.74) is 0.469. The van der Waals surface area contributed by atoms with Crippen LogP contribution in [0.5, 0.6) is 0 Å². The van der Waals surface area contributed by atoms with Crippen molar-refractivity contribution in [2.45, 2.75) is 25.5 Å². The molecule has 1 heterocycles. The molecule has 1 aliphatic rings. The number of nitrogens with one attached hydrogen (secondary N) is 1. The van der Waals surface area contributed by atoms with Crippen LogP contribution in [-0.4, -0.2) is 43.9 Å². The number of hydrogen-bond acceptors (Lipinski definition) is 5. The van der Waals surface area contributed by atoms with Crippen LogP contribution in [-0.2, 0) is 24.2 Å². The van der Waals surface area contributed by atoms with Gasteiger partial charge in [0.25, 0.3) is 5.91 Å². The van der Waals surface area contributed by atoms with E-state index in [0.29, 0.717) is 22.0 Å². The molecule has 0 saturated carbocycles. The van der Waals surface area contributed by atoms with Crippen molar-refractivity contribution in [2.24, 2.45) is 0 Å². The minimum absolute atomic E-state index is 0.0491. The maximum absolute atomic E-state index is 12.0. The molecule has 1 N–H and O–H groups in total. The maximum Gasteiger partial charge on any atom is 0.331 e. The summed E-state index contributed by atoms with van der Waals surface area (Å²) in [4.78, 5) is 23.8. The second-order valence-electron chi connectivity index (χ2n) is 5.66. The summed E-state index contributed by atoms with van der Waals surface area (Å²) in [7, 11) is -3.10. The van der Waals surface area contributed by atoms with E-state index in [0.717, 1.165) is 6.08 Å². The Labute approximate surface area is 156 Å². The van der Waals surface area contributed by atoms with Gasteiger partial charge in [-0.1, -0.05) is 29.3 Å². The predicted molar refractivity (Wildman–Crippen MR) is 96.3 cm³/mol. The molecule has 1 saturated heterocycles. The summed E-state index contributed by atoms with van der Waals surface area (Å²) in [6.45, 7) is 1.41. The molecule has 6 nitrogen and oxygen atoms in total. The Bertz CT molecular complexity index is 786. The number of carbonyl (C=O) groups excluding carboxylic acids is 2. The molecule has 136 valence electrons. The van der Waals surface area contributed by atoms with E-state index in [9.17, 15) is 18.0 Å². The second kappa shape index (κ2) is 8.21. The van der Waals surface area contributed by atoms with Gasteiger partial charge in [0.1, 0.15) is 0 Å². The van der Waals surface area contributed by atoms with Gasteiger partial charge in [0.15, 0.2) is 15.9 Å². The topological polar surface area (TPSA) is 89.5 Å². The first kappa shape index (κ1) is 19.8. The molecule has 1 aromatic carbocycles. The summed E-state index contributed by atoms with van der Waals surface area (Å²) < 4.78 is 27.8. The Morgan fingerprint density at radius 1 is 1.32 bits per heavy atom. The van der Waals surface area contributed by atoms with Gasteiger partial charge in [-0.05, 0) is 31.6 Å². The average Bonchev–Trinajstić information content (AvgIpc) is 2.85. The van der Waals surface area contributed by atoms with Crippen molar-refractivity contribution in [3.8, 4) is 0 Å². The number of amides is 1. The van der Waals surface area contributed by atoms with Crippen molar-refractivity contribution in [3.63, 3.8) is 0 Å². The van der Waals surface area contributed by atoms with Crippen molar-refractivity contribution in [3.05, 3.63) is 39.9 Å². The molecule has 1 amide bonds. The number of hydrogen-bond donors (Lipinski definition) is 1. The SMILES string of the molecule is C[C@@H](OC(=O)/C=C/c1c(Cl)cccc1Cl)C(=O)N[C@@H]1CCS(=O)(=O)C1. The summed E-state index contributed by atoms with van der Waals surface area (Å²) in [6.07, 6.45) is 1.83. The first-order valence-corrected chi connectivity index (χ1v) is 10.1. The van der Waals surface area contributed by atoms with Gasteiger partial charge in [-0.15, -0.1) is 0 Å². The molecule has 0 aromatic heterocycles. The monoisotopic (exact) mass is 405 g/mol. The van der Waals surface area contributed by atoms with Crippen LogP contribution in [0.3, 0.4) is 0 Å². The Hall–Kier alpha value is -1.57. The number of esters is 1. The van der Waals surface area contributed by atoms with Gasteiger partial charge in [0.2, 0.25) is 0 Å². The molecular formula is C16H17Cl2NO5S. The molecule has 0 bridgehead atoms. The molecule has 1 aliphatic heterocycles. The van der Waals surface area contributed by atoms with E-state index in [2.05, 4.69) is 5.32 Å². The number of ether oxygens (including phenoxy) is 1. The highest BCUT2D eigenvalue weighted by molar-refractivity contribution is 7.91. The fourth-order valence-corrected chi connectivity index (χ4v) is 4.51. The van der Waals surface area contributed by atoms with Crippen LogP contribution in [0, 0.1) is 0 Å². The third-order valence-corrected chi connectivity index (χ3v) is 6.05. The van der Waals surface area contributed by atoms with Gasteiger partial charge >= 0.3 is 5.97 Å². The van der Waals surface area contributed by atoms with Crippen molar-refractivity contribution < 1.29 is 22.7 Å². The Balaban J connectivity index is 1.89. The summed E-state index contributed by atoms with van der Waals surface area (Å²) in [6, 6.07) is 4.49. The van der Waals surface area contributed by atoms with Gasteiger partial charge < -0.3 is 10.1 Å². The molecule has 1 aromatic rings. The van der Waals surface area contributed by atoms with Gasteiger partial charge in [0.05, 0.1) is 11.5 Å². The minimum atomic E-state index is -3.10. The second-order valence-corrected chi connectivity index (χ2v) is 8.70. The van der Waals surface area contributed by atoms with Gasteiger partial charge in [-0.3, -0.25) is 4.79 Å². The predicted octanol–water partition coefficient (Wildman–Crippen LogP) is 2.24. The molecule has 25 heavy (non-hydrogen) atoms. The molecule has 9 heteroatoms. The van der Waals surface area contributed by atoms with E-state index < -0.39 is 33.9 Å². The number of rotatable bonds is 5. The van der Waals surface area contributed by atoms with E-state index in [-0.39, 0.29) is 11.5 Å². The number of carbonyl (C=O) groups is 2. The number of sulfone groups is 1. The molecule has 0 spiro atoms. The van der Waals surface area contributed by atoms with E-state index in [1.807, 2.05) is 0 Å². The zero-order chi connectivity index (χ0) is 18.6. The van der Waals surface area contributed by atoms with Crippen LogP contribution in [0.4, 0.5) is 0 Å². The van der Waals surface area contributed by atoms with Crippen LogP contribution in [0.2, 0.25) is 10.0 Å². The van der Waals surface area contributed by atoms with E-state index in [1.165, 1.54) is 13.0 Å². The summed E-state index contributed by atoms with van der Waals surface area (Å²) in [5, 5.41) is 3.33. The average molecular weight is 406 g/mol. The highest BCUT2D eigenvalue weighted by Gasteiger charge is 2.30. The molecule has 0 unspecified atom stereocenters. The van der Waals surface area contributed by atoms with E-state index in [1.54, 1.807) is 18.2 Å². The summed E-state index contributed by atoms with van der Waals surface area (Å²) in [5.74, 6) is -1.32. The lowest BCUT2D eigenvalue weighted by Gasteiger charge is -2.15. The minimum Gasteiger partial charge on any atom is -0.449 e. The quantitative estimate of drug-likeness (QED) is 0.599. The fraction of sp³-hybridized carbons (Fsp3) is 0.375. The Morgan fingerprint density at radius 3 is 2.52 bits per heavy atom. The molecule has 0 radical (unpaired) electrons. The van der Waals surface area contributed by atoms with Crippen LogP contribution >= 0.6 is 23.2 Å². The normalized spacial score (nSPS) is 20.4. The standard InChI is InChI=1S/C16H17Cl2NO5S/c1-10(16(21)19-11-7-8-25(22,23)9-11)24-15(20)6-5-12-13(17)3-2-4-14(12)18/h2-6,10-11H,7-9H2,1H3,(H,19,21)/b6-5+/t10-,11-/m1/s1. The fourth-order valence-electron chi connectivity index (χ4n) is 2.32. The van der Waals surface area contributed by atoms with Crippen molar-refractivity contribution >= 4 is 51.0 Å². The molecule has 0 aliphatic carbocycles. The largest absolute Gasteiger partial charge is 0.449 e. The highest BCUT2D eigenvalue weighted by Crippen LogP contribution is 2.25. The van der Waals surface area contributed by atoms with Crippen molar-refractivity contribution in [1.29, 1.82) is 0 Å². The summed E-state index contributed by atoms with van der Waals surface area (Å²) >= 11 is 12.0. The Kier molecular flexibility index (Phi) is 6.48. The van der Waals surface area contributed by atoms with Gasteiger partial charge in [-0.2, -0.15) is 0 Å². The number of halogens is 2. The first-order chi connectivity index (χ1) is 11.7. The van der Waals surface area contributed by atoms with Crippen LogP contribution in [0.15, 0.2) is 24.3 Å². The van der Waals surface area contributed by atoms with Crippen molar-refractivity contribution in [1.82, 2.24) is 5.32 Å². The van der Waals surface area contributed by atoms with Crippen LogP contribution in [0.25, 0.3) is 6.08 Å². The Morgan fingerprint density at radius 2 is 1.96 bits per heavy atom. The third kappa shape index (κ3) is 5.73. The lowest BCUT2D eigenvalue weighted by atomic mass is 10.2. The van der Waals surface area contributed by atoms with Crippen molar-refractivity contribution in [2.75, 3.05) is 11.5 Å². The van der Waals surface area contributed by atoms with Gasteiger partial charge in [-0.25, -0.2) is 13.2 Å². The lowest BCUT2D eigenvalue weighted by molar-refractivity contribution is -0.150. The zero-order valence-corrected chi connectivity index (χ0v) is 15.7. The zero-order valence-electron chi connectivity index (χ0n) is 13.4. The molecule has 1 fully saturated rings. The van der Waals surface area contributed by atoms with E-state index >= 15 is 0 Å². The molecular weight excluding hydrogens is 389 g/mol. The lowest BCUT2D eigenvalue weighted by Crippen LogP contribution is -2.42. The number of benzene rings is 1. The van der Waals surface area contributed by atoms with Crippen LogP contribution < -0.4 is 5.32 Å². The van der Waals surface area contributed by atoms with E-state index in [4.69, 9.17) is 27.9 Å². The highest BCUT2D eigenvalue weighted by atomic mass is 35.5. The van der Waals surface area contributed by atoms with Crippen LogP contribution in [0.1, 0.15) is 18.9 Å². The first-order valence-electron chi connectivity index (χ1n) is 7.51. The maximum atomic E-state index is 12.0. The molecule has 2 atom stereocenters. The molecule has 2 rings (SSSR count). The third-order valence-electron chi connectivity index (χ3n) is 3.63. The van der Waals surface area contributed by atoms with Gasteiger partial charge in [0, 0.05) is 27.7 Å². The smallest absolute Gasteiger partial charge is 0.331 e.